The number of carbonyl (C=O) groups is 2. The van der Waals surface area contributed by atoms with E-state index in [0.717, 1.165) is 17.5 Å². The van der Waals surface area contributed by atoms with Gasteiger partial charge in [-0.3, -0.25) is 4.79 Å². The van der Waals surface area contributed by atoms with Gasteiger partial charge >= 0.3 is 5.97 Å². The van der Waals surface area contributed by atoms with Crippen LogP contribution in [0.4, 0.5) is 0 Å². The van der Waals surface area contributed by atoms with Gasteiger partial charge < -0.3 is 10.4 Å². The van der Waals surface area contributed by atoms with Crippen molar-refractivity contribution in [2.45, 2.75) is 19.4 Å². The number of hydrogen-bond donors (Lipinski definition) is 2. The number of aryl methyl sites for hydroxylation is 1. The summed E-state index contributed by atoms with van der Waals surface area (Å²) >= 11 is 1.62. The molecule has 20 heavy (non-hydrogen) atoms. The van der Waals surface area contributed by atoms with Crippen LogP contribution < -0.4 is 5.32 Å². The second-order valence-corrected chi connectivity index (χ2v) is 5.19. The van der Waals surface area contributed by atoms with Gasteiger partial charge in [-0.05, 0) is 46.5 Å². The normalized spacial score (nSPS) is 10.2. The molecule has 0 saturated carbocycles. The highest BCUT2D eigenvalue weighted by Gasteiger charge is 2.05. The van der Waals surface area contributed by atoms with Crippen molar-refractivity contribution in [1.82, 2.24) is 5.32 Å². The van der Waals surface area contributed by atoms with Crippen molar-refractivity contribution in [3.05, 3.63) is 57.8 Å². The molecule has 0 aliphatic carbocycles. The van der Waals surface area contributed by atoms with E-state index in [1.165, 1.54) is 6.07 Å². The highest BCUT2D eigenvalue weighted by atomic mass is 32.1. The molecule has 0 bridgehead atoms. The first-order chi connectivity index (χ1) is 9.65. The Balaban J connectivity index is 1.81. The molecule has 4 nitrogen and oxygen atoms in total. The summed E-state index contributed by atoms with van der Waals surface area (Å²) in [7, 11) is 0. The number of aromatic carboxylic acids is 1. The van der Waals surface area contributed by atoms with Gasteiger partial charge in [0.15, 0.2) is 0 Å². The molecular formula is C15H15NO3S. The van der Waals surface area contributed by atoms with Gasteiger partial charge in [0.2, 0.25) is 5.91 Å². The van der Waals surface area contributed by atoms with Crippen molar-refractivity contribution in [3.63, 3.8) is 0 Å². The van der Waals surface area contributed by atoms with Gasteiger partial charge in [0, 0.05) is 13.0 Å². The topological polar surface area (TPSA) is 66.4 Å². The Kier molecular flexibility index (Phi) is 4.90. The zero-order valence-electron chi connectivity index (χ0n) is 10.8. The number of thiophene rings is 1. The maximum Gasteiger partial charge on any atom is 0.335 e. The minimum Gasteiger partial charge on any atom is -0.478 e. The van der Waals surface area contributed by atoms with E-state index >= 15 is 0 Å². The molecule has 5 heteroatoms. The molecule has 1 aromatic carbocycles. The SMILES string of the molecule is O=C(CCc1ccsc1)NCc1cccc(C(=O)O)c1. The third kappa shape index (κ3) is 4.20. The van der Waals surface area contributed by atoms with Crippen LogP contribution in [0.5, 0.6) is 0 Å². The molecule has 2 aromatic rings. The molecule has 0 atom stereocenters. The van der Waals surface area contributed by atoms with Gasteiger partial charge in [0.05, 0.1) is 5.56 Å². The lowest BCUT2D eigenvalue weighted by atomic mass is 10.1. The quantitative estimate of drug-likeness (QED) is 0.859. The smallest absolute Gasteiger partial charge is 0.335 e. The highest BCUT2D eigenvalue weighted by Crippen LogP contribution is 2.09. The van der Waals surface area contributed by atoms with Crippen molar-refractivity contribution in [2.24, 2.45) is 0 Å². The third-order valence-corrected chi connectivity index (χ3v) is 3.62. The zero-order chi connectivity index (χ0) is 14.4. The average molecular weight is 289 g/mol. The van der Waals surface area contributed by atoms with Gasteiger partial charge in [-0.25, -0.2) is 4.79 Å². The first-order valence-corrected chi connectivity index (χ1v) is 7.19. The Labute approximate surface area is 121 Å². The van der Waals surface area contributed by atoms with Crippen LogP contribution in [0.1, 0.15) is 27.9 Å². The Morgan fingerprint density at radius 1 is 1.20 bits per heavy atom. The Bertz CT molecular complexity index is 593. The summed E-state index contributed by atoms with van der Waals surface area (Å²) in [5.74, 6) is -0.993. The van der Waals surface area contributed by atoms with Crippen LogP contribution in [-0.2, 0) is 17.8 Å². The summed E-state index contributed by atoms with van der Waals surface area (Å²) in [4.78, 5) is 22.5. The molecule has 0 saturated heterocycles. The largest absolute Gasteiger partial charge is 0.478 e. The van der Waals surface area contributed by atoms with Gasteiger partial charge in [-0.1, -0.05) is 12.1 Å². The molecular weight excluding hydrogens is 274 g/mol. The summed E-state index contributed by atoms with van der Waals surface area (Å²) < 4.78 is 0. The standard InChI is InChI=1S/C15H15NO3S/c17-14(5-4-11-6-7-20-10-11)16-9-12-2-1-3-13(8-12)15(18)19/h1-3,6-8,10H,4-5,9H2,(H,16,17)(H,18,19). The molecule has 0 aliphatic rings. The second kappa shape index (κ2) is 6.86. The van der Waals surface area contributed by atoms with Gasteiger partial charge in [0.25, 0.3) is 0 Å². The molecule has 0 aliphatic heterocycles. The van der Waals surface area contributed by atoms with Crippen molar-refractivity contribution < 1.29 is 14.7 Å². The van der Waals surface area contributed by atoms with Crippen LogP contribution >= 0.6 is 11.3 Å². The maximum absolute atomic E-state index is 11.7. The Morgan fingerprint density at radius 2 is 2.05 bits per heavy atom. The van der Waals surface area contributed by atoms with Crippen molar-refractivity contribution in [2.75, 3.05) is 0 Å². The van der Waals surface area contributed by atoms with E-state index < -0.39 is 5.97 Å². The molecule has 1 aromatic heterocycles. The van der Waals surface area contributed by atoms with Gasteiger partial charge in [-0.2, -0.15) is 11.3 Å². The van der Waals surface area contributed by atoms with E-state index in [9.17, 15) is 9.59 Å². The molecule has 0 radical (unpaired) electrons. The summed E-state index contributed by atoms with van der Waals surface area (Å²) in [6, 6.07) is 8.59. The van der Waals surface area contributed by atoms with Crippen LogP contribution in [0.25, 0.3) is 0 Å². The minimum atomic E-state index is -0.962. The van der Waals surface area contributed by atoms with E-state index in [-0.39, 0.29) is 11.5 Å². The van der Waals surface area contributed by atoms with Crippen molar-refractivity contribution in [1.29, 1.82) is 0 Å². The monoisotopic (exact) mass is 289 g/mol. The van der Waals surface area contributed by atoms with Crippen LogP contribution in [0.15, 0.2) is 41.1 Å². The predicted molar refractivity (Wildman–Crippen MR) is 77.9 cm³/mol. The van der Waals surface area contributed by atoms with Crippen LogP contribution in [0.3, 0.4) is 0 Å². The van der Waals surface area contributed by atoms with E-state index in [4.69, 9.17) is 5.11 Å². The fourth-order valence-corrected chi connectivity index (χ4v) is 2.50. The number of carbonyl (C=O) groups excluding carboxylic acids is 1. The van der Waals surface area contributed by atoms with Gasteiger partial charge in [0.1, 0.15) is 0 Å². The first kappa shape index (κ1) is 14.3. The van der Waals surface area contributed by atoms with Crippen LogP contribution in [-0.4, -0.2) is 17.0 Å². The summed E-state index contributed by atoms with van der Waals surface area (Å²) in [5, 5.41) is 15.7. The number of hydrogen-bond acceptors (Lipinski definition) is 3. The molecule has 1 heterocycles. The van der Waals surface area contributed by atoms with E-state index in [0.29, 0.717) is 13.0 Å². The molecule has 2 rings (SSSR count). The van der Waals surface area contributed by atoms with E-state index in [1.807, 2.05) is 16.8 Å². The molecule has 0 unspecified atom stereocenters. The molecule has 0 spiro atoms. The Hall–Kier alpha value is -2.14. The lowest BCUT2D eigenvalue weighted by Crippen LogP contribution is -2.23. The van der Waals surface area contributed by atoms with Crippen LogP contribution in [0.2, 0.25) is 0 Å². The fraction of sp³-hybridized carbons (Fsp3) is 0.200. The number of benzene rings is 1. The number of amides is 1. The maximum atomic E-state index is 11.7. The summed E-state index contributed by atoms with van der Waals surface area (Å²) in [5.41, 5.74) is 2.18. The minimum absolute atomic E-state index is 0.0306. The van der Waals surface area contributed by atoms with Gasteiger partial charge in [-0.15, -0.1) is 0 Å². The number of carboxylic acids is 1. The molecule has 0 fully saturated rings. The zero-order valence-corrected chi connectivity index (χ0v) is 11.7. The van der Waals surface area contributed by atoms with Crippen molar-refractivity contribution >= 4 is 23.2 Å². The lowest BCUT2D eigenvalue weighted by molar-refractivity contribution is -0.121. The number of carboxylic acid groups (broad SMARTS) is 1. The third-order valence-electron chi connectivity index (χ3n) is 2.88. The summed E-state index contributed by atoms with van der Waals surface area (Å²) in [6.45, 7) is 0.351. The fourth-order valence-electron chi connectivity index (χ4n) is 1.80. The first-order valence-electron chi connectivity index (χ1n) is 6.25. The summed E-state index contributed by atoms with van der Waals surface area (Å²) in [6.07, 6.45) is 1.17. The molecule has 2 N–H and O–H groups in total. The number of rotatable bonds is 6. The predicted octanol–water partition coefficient (Wildman–Crippen LogP) is 2.70. The average Bonchev–Trinajstić information content (AvgIpc) is 2.96. The Morgan fingerprint density at radius 3 is 2.75 bits per heavy atom. The molecule has 104 valence electrons. The number of nitrogens with one attached hydrogen (secondary N) is 1. The molecule has 1 amide bonds. The lowest BCUT2D eigenvalue weighted by Gasteiger charge is -2.06. The van der Waals surface area contributed by atoms with E-state index in [1.54, 1.807) is 29.5 Å². The second-order valence-electron chi connectivity index (χ2n) is 4.41. The van der Waals surface area contributed by atoms with Crippen LogP contribution in [0, 0.1) is 0 Å². The van der Waals surface area contributed by atoms with Crippen molar-refractivity contribution in [3.8, 4) is 0 Å². The highest BCUT2D eigenvalue weighted by molar-refractivity contribution is 7.07. The van der Waals surface area contributed by atoms with E-state index in [2.05, 4.69) is 5.32 Å².